The van der Waals surface area contributed by atoms with E-state index in [9.17, 15) is 14.0 Å². The molecular formula is C26H20Cl2FN3O2. The molecule has 1 amide bonds. The number of alkyl halides is 2. The van der Waals surface area contributed by atoms with Crippen LogP contribution >= 0.6 is 23.2 Å². The average molecular weight is 496 g/mol. The van der Waals surface area contributed by atoms with Crippen LogP contribution in [0.15, 0.2) is 85.1 Å². The largest absolute Gasteiger partial charge is 0.322 e. The number of aryl methyl sites for hydroxylation is 1. The van der Waals surface area contributed by atoms with E-state index < -0.39 is 16.6 Å². The first-order valence-corrected chi connectivity index (χ1v) is 11.4. The Kier molecular flexibility index (Phi) is 7.40. The summed E-state index contributed by atoms with van der Waals surface area (Å²) >= 11 is 11.2. The number of aromatic nitrogens is 2. The van der Waals surface area contributed by atoms with Crippen molar-refractivity contribution in [2.75, 3.05) is 5.32 Å². The lowest BCUT2D eigenvalue weighted by molar-refractivity contribution is -0.117. The summed E-state index contributed by atoms with van der Waals surface area (Å²) in [4.78, 5) is 23.8. The molecule has 0 saturated carbocycles. The van der Waals surface area contributed by atoms with Crippen molar-refractivity contribution in [2.24, 2.45) is 0 Å². The maximum atomic E-state index is 13.6. The number of nitrogens with zero attached hydrogens (tertiary/aromatic N) is 2. The van der Waals surface area contributed by atoms with Gasteiger partial charge in [0.2, 0.25) is 0 Å². The highest BCUT2D eigenvalue weighted by atomic mass is 35.5. The number of para-hydroxylation sites is 1. The Morgan fingerprint density at radius 2 is 1.71 bits per heavy atom. The fraction of sp³-hybridized carbons (Fsp3) is 0.115. The van der Waals surface area contributed by atoms with Crippen molar-refractivity contribution in [1.82, 2.24) is 9.78 Å². The van der Waals surface area contributed by atoms with Crippen LogP contribution in [0.4, 0.5) is 10.1 Å². The number of Topliss-reactive ketones (excluding diaryl/α,β-unsaturated/α-hetero) is 1. The molecule has 1 N–H and O–H groups in total. The van der Waals surface area contributed by atoms with Crippen molar-refractivity contribution in [3.05, 3.63) is 102 Å². The molecule has 0 spiro atoms. The van der Waals surface area contributed by atoms with Crippen LogP contribution in [0.1, 0.15) is 22.3 Å². The van der Waals surface area contributed by atoms with Crippen molar-refractivity contribution in [1.29, 1.82) is 0 Å². The van der Waals surface area contributed by atoms with E-state index in [1.54, 1.807) is 16.9 Å². The smallest absolute Gasteiger partial charge is 0.259 e. The third kappa shape index (κ3) is 5.71. The van der Waals surface area contributed by atoms with Crippen molar-refractivity contribution in [2.45, 2.75) is 17.7 Å². The first-order valence-electron chi connectivity index (χ1n) is 10.5. The fourth-order valence-corrected chi connectivity index (χ4v) is 3.66. The SMILES string of the molecule is O=C(Nc1cccc(F)c1)c1cn(-c2ccccc2)nc1-c1ccc(CCC(=O)C(Cl)Cl)cc1. The molecule has 0 saturated heterocycles. The van der Waals surface area contributed by atoms with Crippen molar-refractivity contribution in [3.8, 4) is 16.9 Å². The maximum absolute atomic E-state index is 13.6. The van der Waals surface area contributed by atoms with Gasteiger partial charge >= 0.3 is 0 Å². The summed E-state index contributed by atoms with van der Waals surface area (Å²) in [6.07, 6.45) is 2.38. The summed E-state index contributed by atoms with van der Waals surface area (Å²) in [6, 6.07) is 22.5. The van der Waals surface area contributed by atoms with E-state index >= 15 is 0 Å². The van der Waals surface area contributed by atoms with E-state index in [-0.39, 0.29) is 12.2 Å². The predicted octanol–water partition coefficient (Wildman–Crippen LogP) is 6.24. The van der Waals surface area contributed by atoms with Gasteiger partial charge in [0.25, 0.3) is 5.91 Å². The zero-order chi connectivity index (χ0) is 24.1. The Morgan fingerprint density at radius 3 is 2.38 bits per heavy atom. The molecule has 0 radical (unpaired) electrons. The molecule has 172 valence electrons. The molecule has 0 unspecified atom stereocenters. The monoisotopic (exact) mass is 495 g/mol. The quantitative estimate of drug-likeness (QED) is 0.294. The van der Waals surface area contributed by atoms with Gasteiger partial charge in [-0.05, 0) is 42.3 Å². The molecular weight excluding hydrogens is 476 g/mol. The highest BCUT2D eigenvalue weighted by molar-refractivity contribution is 6.53. The topological polar surface area (TPSA) is 64.0 Å². The van der Waals surface area contributed by atoms with Crippen LogP contribution in [0.3, 0.4) is 0 Å². The second-order valence-electron chi connectivity index (χ2n) is 7.60. The molecule has 34 heavy (non-hydrogen) atoms. The Balaban J connectivity index is 1.64. The highest BCUT2D eigenvalue weighted by Crippen LogP contribution is 2.26. The highest BCUT2D eigenvalue weighted by Gasteiger charge is 2.19. The molecule has 0 aliphatic rings. The number of nitrogens with one attached hydrogen (secondary N) is 1. The zero-order valence-corrected chi connectivity index (χ0v) is 19.4. The minimum atomic E-state index is -1.03. The molecule has 1 aromatic heterocycles. The van der Waals surface area contributed by atoms with Crippen LogP contribution in [-0.2, 0) is 11.2 Å². The van der Waals surface area contributed by atoms with Gasteiger partial charge in [0, 0.05) is 23.9 Å². The minimum absolute atomic E-state index is 0.231. The average Bonchev–Trinajstić information content (AvgIpc) is 3.29. The number of hydrogen-bond acceptors (Lipinski definition) is 3. The number of rotatable bonds is 8. The maximum Gasteiger partial charge on any atom is 0.259 e. The lowest BCUT2D eigenvalue weighted by Gasteiger charge is -2.07. The Bertz CT molecular complexity index is 1310. The molecule has 3 aromatic carbocycles. The van der Waals surface area contributed by atoms with Crippen LogP contribution in [0.5, 0.6) is 0 Å². The normalized spacial score (nSPS) is 10.9. The van der Waals surface area contributed by atoms with Crippen LogP contribution in [-0.4, -0.2) is 26.3 Å². The predicted molar refractivity (Wildman–Crippen MR) is 132 cm³/mol. The van der Waals surface area contributed by atoms with Crippen LogP contribution < -0.4 is 5.32 Å². The van der Waals surface area contributed by atoms with E-state index in [1.165, 1.54) is 18.2 Å². The van der Waals surface area contributed by atoms with Gasteiger partial charge in [0.05, 0.1) is 11.3 Å². The van der Waals surface area contributed by atoms with Gasteiger partial charge in [-0.2, -0.15) is 5.10 Å². The molecule has 4 aromatic rings. The summed E-state index contributed by atoms with van der Waals surface area (Å²) < 4.78 is 15.2. The van der Waals surface area contributed by atoms with Crippen LogP contribution in [0, 0.1) is 5.82 Å². The molecule has 0 aliphatic heterocycles. The van der Waals surface area contributed by atoms with Crippen LogP contribution in [0.25, 0.3) is 16.9 Å². The lowest BCUT2D eigenvalue weighted by atomic mass is 10.0. The summed E-state index contributed by atoms with van der Waals surface area (Å²) in [6.45, 7) is 0. The van der Waals surface area contributed by atoms with E-state index in [2.05, 4.69) is 10.4 Å². The summed E-state index contributed by atoms with van der Waals surface area (Å²) in [5.41, 5.74) is 3.60. The standard InChI is InChI=1S/C26H20Cl2FN3O2/c27-25(28)23(33)14-11-17-9-12-18(13-10-17)24-22(16-32(31-24)21-7-2-1-3-8-21)26(34)30-20-6-4-5-19(29)15-20/h1-10,12-13,15-16,25H,11,14H2,(H,30,34). The fourth-order valence-electron chi connectivity index (χ4n) is 3.44. The lowest BCUT2D eigenvalue weighted by Crippen LogP contribution is -2.12. The third-order valence-corrected chi connectivity index (χ3v) is 5.68. The molecule has 1 heterocycles. The van der Waals surface area contributed by atoms with E-state index in [0.717, 1.165) is 16.8 Å². The second kappa shape index (κ2) is 10.6. The second-order valence-corrected chi connectivity index (χ2v) is 8.70. The first kappa shape index (κ1) is 23.7. The van der Waals surface area contributed by atoms with Gasteiger partial charge in [-0.1, -0.05) is 71.7 Å². The molecule has 0 aliphatic carbocycles. The van der Waals surface area contributed by atoms with Crippen molar-refractivity contribution < 1.29 is 14.0 Å². The van der Waals surface area contributed by atoms with Crippen molar-refractivity contribution >= 4 is 40.6 Å². The van der Waals surface area contributed by atoms with Gasteiger partial charge in [0.1, 0.15) is 11.5 Å². The van der Waals surface area contributed by atoms with Crippen LogP contribution in [0.2, 0.25) is 0 Å². The number of carbonyl (C=O) groups excluding carboxylic acids is 2. The third-order valence-electron chi connectivity index (χ3n) is 5.19. The van der Waals surface area contributed by atoms with Crippen molar-refractivity contribution in [3.63, 3.8) is 0 Å². The zero-order valence-electron chi connectivity index (χ0n) is 17.9. The van der Waals surface area contributed by atoms with E-state index in [0.29, 0.717) is 23.4 Å². The number of ketones is 1. The van der Waals surface area contributed by atoms with Gasteiger partial charge in [-0.3, -0.25) is 9.59 Å². The number of anilines is 1. The number of benzene rings is 3. The molecule has 0 atom stereocenters. The first-order chi connectivity index (χ1) is 16.4. The molecule has 0 fully saturated rings. The van der Waals surface area contributed by atoms with Gasteiger partial charge in [-0.25, -0.2) is 9.07 Å². The van der Waals surface area contributed by atoms with E-state index in [1.807, 2.05) is 54.6 Å². The molecule has 4 rings (SSSR count). The molecule has 0 bridgehead atoms. The Morgan fingerprint density at radius 1 is 0.971 bits per heavy atom. The summed E-state index contributed by atoms with van der Waals surface area (Å²) in [7, 11) is 0. The van der Waals surface area contributed by atoms with Gasteiger partial charge in [-0.15, -0.1) is 0 Å². The Hall–Kier alpha value is -3.48. The molecule has 5 nitrogen and oxygen atoms in total. The number of hydrogen-bond donors (Lipinski definition) is 1. The molecule has 8 heteroatoms. The number of amides is 1. The summed E-state index contributed by atoms with van der Waals surface area (Å²) in [5, 5.41) is 7.38. The Labute approximate surface area is 206 Å². The number of halogens is 3. The van der Waals surface area contributed by atoms with E-state index in [4.69, 9.17) is 23.2 Å². The minimum Gasteiger partial charge on any atom is -0.322 e. The van der Waals surface area contributed by atoms with Gasteiger partial charge in [0.15, 0.2) is 10.6 Å². The summed E-state index contributed by atoms with van der Waals surface area (Å²) in [5.74, 6) is -1.08. The van der Waals surface area contributed by atoms with Gasteiger partial charge < -0.3 is 5.32 Å². The number of carbonyl (C=O) groups is 2.